The number of primary amides is 1. The van der Waals surface area contributed by atoms with Gasteiger partial charge >= 0.3 is 13.5 Å². The van der Waals surface area contributed by atoms with Crippen LogP contribution in [0.2, 0.25) is 0 Å². The van der Waals surface area contributed by atoms with E-state index in [1.807, 2.05) is 0 Å². The second-order valence-corrected chi connectivity index (χ2v) is 15.1. The molecule has 2 bridgehead atoms. The molecule has 7 N–H and O–H groups in total. The number of ether oxygens (including phenoxy) is 1. The largest absolute Gasteiger partial charge is 0.387 e. The van der Waals surface area contributed by atoms with Gasteiger partial charge in [-0.15, -0.1) is 0 Å². The first kappa shape index (κ1) is 30.2. The van der Waals surface area contributed by atoms with Crippen LogP contribution >= 0.6 is 25.8 Å². The van der Waals surface area contributed by atoms with Crippen LogP contribution in [0.1, 0.15) is 22.4 Å². The molecule has 4 aromatic rings. The second kappa shape index (κ2) is 11.3. The van der Waals surface area contributed by atoms with Crippen LogP contribution in [0.3, 0.4) is 0 Å². The molecule has 0 aromatic carbocycles. The molecule has 6 heterocycles. The van der Waals surface area contributed by atoms with Gasteiger partial charge < -0.3 is 39.8 Å². The van der Waals surface area contributed by atoms with Gasteiger partial charge in [-0.1, -0.05) is 12.2 Å². The molecule has 2 unspecified atom stereocenters. The number of nitrogens with two attached hydrogens (primary N) is 2. The molecule has 0 aliphatic carbocycles. The summed E-state index contributed by atoms with van der Waals surface area (Å²) in [7, 11) is 0. The molecule has 0 spiro atoms. The number of carbonyl (C=O) groups excluding carboxylic acids is 1. The summed E-state index contributed by atoms with van der Waals surface area (Å²) in [6.45, 7) is -9.22. The maximum atomic E-state index is 13.5. The Balaban J connectivity index is 1.38. The number of rotatable bonds is 2. The summed E-state index contributed by atoms with van der Waals surface area (Å²) < 4.78 is 44.4. The molecule has 2 aliphatic heterocycles. The summed E-state index contributed by atoms with van der Waals surface area (Å²) >= 11 is 9.22. The van der Waals surface area contributed by atoms with Crippen molar-refractivity contribution in [1.29, 1.82) is 0 Å². The molecule has 1 amide bonds. The van der Waals surface area contributed by atoms with Crippen molar-refractivity contribution in [3.8, 4) is 0 Å². The maximum absolute atomic E-state index is 13.5. The van der Waals surface area contributed by atoms with Gasteiger partial charge in [0.15, 0.2) is 23.0 Å². The van der Waals surface area contributed by atoms with Gasteiger partial charge in [0.05, 0.1) is 25.1 Å². The summed E-state index contributed by atoms with van der Waals surface area (Å²) in [5.41, 5.74) is 11.0. The summed E-state index contributed by atoms with van der Waals surface area (Å²) in [6, 6.07) is 1.42. The maximum Gasteiger partial charge on any atom is 0.387 e. The fraction of sp³-hybridized carbons (Fsp3) is 0.400. The van der Waals surface area contributed by atoms with E-state index in [1.165, 1.54) is 27.7 Å². The van der Waals surface area contributed by atoms with Crippen molar-refractivity contribution in [3.05, 3.63) is 40.3 Å². The topological polar surface area (TPSA) is 267 Å². The number of hydrogen-bond donors (Lipinski definition) is 6. The number of imidazole rings is 2. The lowest BCUT2D eigenvalue weighted by Gasteiger charge is -2.24. The number of pyridine rings is 1. The Bertz CT molecular complexity index is 1900. The number of nitrogen functional groups attached to an aromatic ring is 1. The monoisotopic (exact) mass is 675 g/mol. The molecule has 23 heteroatoms. The lowest BCUT2D eigenvalue weighted by Crippen LogP contribution is -2.35. The van der Waals surface area contributed by atoms with Crippen LogP contribution in [0.15, 0.2) is 23.4 Å². The number of aliphatic hydroxyl groups is 1. The van der Waals surface area contributed by atoms with Crippen LogP contribution in [0.4, 0.5) is 5.95 Å². The lowest BCUT2D eigenvalue weighted by molar-refractivity contribution is -0.0476. The van der Waals surface area contributed by atoms with E-state index < -0.39 is 62.7 Å². The van der Waals surface area contributed by atoms with Crippen molar-refractivity contribution in [2.75, 3.05) is 18.9 Å². The molecular weight excluding hydrogens is 652 g/mol. The highest BCUT2D eigenvalue weighted by molar-refractivity contribution is 8.44. The third-order valence-corrected chi connectivity index (χ3v) is 9.78. The number of anilines is 1. The van der Waals surface area contributed by atoms with Crippen molar-refractivity contribution in [2.24, 2.45) is 5.73 Å². The number of aromatic nitrogens is 7. The summed E-state index contributed by atoms with van der Waals surface area (Å²) in [4.78, 5) is 53.7. The number of aromatic amines is 1. The van der Waals surface area contributed by atoms with E-state index in [-0.39, 0.29) is 47.2 Å². The third kappa shape index (κ3) is 5.98. The van der Waals surface area contributed by atoms with E-state index in [0.29, 0.717) is 5.65 Å². The van der Waals surface area contributed by atoms with E-state index in [1.54, 1.807) is 0 Å². The molecule has 230 valence electrons. The zero-order chi connectivity index (χ0) is 30.7. The fourth-order valence-corrected chi connectivity index (χ4v) is 7.14. The molecule has 6 atom stereocenters. The van der Waals surface area contributed by atoms with Crippen LogP contribution < -0.4 is 17.0 Å². The molecule has 6 rings (SSSR count). The Morgan fingerprint density at radius 2 is 2.02 bits per heavy atom. The first-order valence-electron chi connectivity index (χ1n) is 12.3. The number of nitrogens with one attached hydrogen (secondary N) is 1. The van der Waals surface area contributed by atoms with Gasteiger partial charge in [0.1, 0.15) is 36.3 Å². The van der Waals surface area contributed by atoms with Crippen LogP contribution in [0.5, 0.6) is 0 Å². The molecule has 1 fully saturated rings. The molecule has 4 aromatic heterocycles. The lowest BCUT2D eigenvalue weighted by atomic mass is 10.1. The third-order valence-electron chi connectivity index (χ3n) is 6.57. The zero-order valence-electron chi connectivity index (χ0n) is 21.6. The number of hydrogen-bond acceptors (Lipinski definition) is 15. The molecule has 43 heavy (non-hydrogen) atoms. The number of thiol groups is 1. The first-order valence-corrected chi connectivity index (χ1v) is 17.6. The summed E-state index contributed by atoms with van der Waals surface area (Å²) in [6.07, 6.45) is -3.06. The number of aliphatic hydroxyl groups excluding tert-OH is 1. The minimum atomic E-state index is -4.30. The van der Waals surface area contributed by atoms with Crippen LogP contribution in [0, 0.1) is 0 Å². The minimum absolute atomic E-state index is 0.0231. The Labute approximate surface area is 250 Å². The fourth-order valence-electron chi connectivity index (χ4n) is 4.64. The van der Waals surface area contributed by atoms with Crippen molar-refractivity contribution in [1.82, 2.24) is 34.1 Å². The van der Waals surface area contributed by atoms with Gasteiger partial charge in [-0.2, -0.15) is 4.98 Å². The molecule has 0 radical (unpaired) electrons. The Kier molecular flexibility index (Phi) is 7.93. The smallest absolute Gasteiger partial charge is 0.387 e. The predicted octanol–water partition coefficient (Wildman–Crippen LogP) is -0.293. The predicted molar refractivity (Wildman–Crippen MR) is 153 cm³/mol. The molecule has 2 aliphatic rings. The summed E-state index contributed by atoms with van der Waals surface area (Å²) in [5.74, 6) is -0.764. The van der Waals surface area contributed by atoms with Gasteiger partial charge in [-0.3, -0.25) is 28.2 Å². The van der Waals surface area contributed by atoms with Gasteiger partial charge in [0.25, 0.3) is 5.56 Å². The van der Waals surface area contributed by atoms with Crippen molar-refractivity contribution < 1.29 is 42.2 Å². The number of fused-ring (bicyclic) bond motifs is 6. The van der Waals surface area contributed by atoms with Crippen LogP contribution in [0.25, 0.3) is 22.3 Å². The number of H-pyrrole nitrogens is 1. The SMILES string of the molecule is NC(=O)c1cnc2c(c1)nc1n2CCOP(O)(=S)OC[C@H]2O[C@@H](n3cnc4c(=O)[nH]c(N)nc43)[C@H](OP(=O)(S)OC1)[C@@H]2O. The Morgan fingerprint density at radius 3 is 2.79 bits per heavy atom. The van der Waals surface area contributed by atoms with E-state index >= 15 is 0 Å². The minimum Gasteiger partial charge on any atom is -0.387 e. The average Bonchev–Trinajstić information content (AvgIpc) is 3.59. The van der Waals surface area contributed by atoms with E-state index in [2.05, 4.69) is 37.2 Å². The van der Waals surface area contributed by atoms with Crippen molar-refractivity contribution in [2.45, 2.75) is 37.7 Å². The van der Waals surface area contributed by atoms with Gasteiger partial charge in [-0.25, -0.2) is 19.5 Å². The van der Waals surface area contributed by atoms with Gasteiger partial charge in [0.2, 0.25) is 11.9 Å². The summed E-state index contributed by atoms with van der Waals surface area (Å²) in [5, 5.41) is 11.2. The van der Waals surface area contributed by atoms with Crippen molar-refractivity contribution in [3.63, 3.8) is 0 Å². The quantitative estimate of drug-likeness (QED) is 0.118. The van der Waals surface area contributed by atoms with Crippen LogP contribution in [-0.4, -0.2) is 81.5 Å². The van der Waals surface area contributed by atoms with Gasteiger partial charge in [0, 0.05) is 12.7 Å². The Hall–Kier alpha value is -2.81. The molecule has 1 saturated heterocycles. The molecule has 19 nitrogen and oxygen atoms in total. The number of carbonyl (C=O) groups is 1. The van der Waals surface area contributed by atoms with E-state index in [0.717, 1.165) is 0 Å². The molecular formula is C20H23N9O10P2S2. The normalized spacial score (nSPS) is 30.6. The average molecular weight is 676 g/mol. The Morgan fingerprint density at radius 1 is 1.23 bits per heavy atom. The van der Waals surface area contributed by atoms with Crippen LogP contribution in [-0.2, 0) is 52.4 Å². The highest BCUT2D eigenvalue weighted by Crippen LogP contribution is 2.57. The number of nitrogens with zero attached hydrogens (tertiary/aromatic N) is 6. The van der Waals surface area contributed by atoms with E-state index in [9.17, 15) is 24.2 Å². The highest BCUT2D eigenvalue weighted by atomic mass is 32.7. The van der Waals surface area contributed by atoms with E-state index in [4.69, 9.17) is 46.1 Å². The van der Waals surface area contributed by atoms with Crippen molar-refractivity contribution >= 4 is 71.8 Å². The van der Waals surface area contributed by atoms with Gasteiger partial charge in [-0.05, 0) is 17.9 Å². The number of amides is 1. The molecule has 0 saturated carbocycles. The first-order chi connectivity index (χ1) is 20.3. The highest BCUT2D eigenvalue weighted by Gasteiger charge is 2.49. The standard InChI is InChI=1S/C20H23N9O10P2S2/c21-15(31)8-3-9-16(23-4-8)28-1-2-35-40(33,42)36-5-10-13(30)14(39-41(34,43)37-6-11(28)25-9)19(38-10)29-7-24-12-17(29)26-20(22)27-18(12)32/h3-4,7,10,13-14,19,30H,1-2,5-6H2,(H2,21,31)(H,33,42)(H,34,43)(H3,22,26,27,32)/t10-,13-,14-,19-,40?,41?/m1/s1. The second-order valence-electron chi connectivity index (χ2n) is 9.35. The zero-order valence-corrected chi connectivity index (χ0v) is 25.1.